The summed E-state index contributed by atoms with van der Waals surface area (Å²) < 4.78 is 0. The van der Waals surface area contributed by atoms with Crippen LogP contribution in [0, 0.1) is 0 Å². The Bertz CT molecular complexity index is 304. The van der Waals surface area contributed by atoms with E-state index in [9.17, 15) is 0 Å². The van der Waals surface area contributed by atoms with E-state index >= 15 is 0 Å². The highest BCUT2D eigenvalue weighted by molar-refractivity contribution is 7.19. The van der Waals surface area contributed by atoms with E-state index in [1.54, 1.807) is 17.5 Å². The van der Waals surface area contributed by atoms with Crippen LogP contribution in [0.25, 0.3) is 0 Å². The molecule has 1 aliphatic rings. The van der Waals surface area contributed by atoms with Gasteiger partial charge in [-0.1, -0.05) is 18.3 Å². The normalized spacial score (nSPS) is 18.3. The van der Waals surface area contributed by atoms with Crippen molar-refractivity contribution in [1.82, 2.24) is 9.88 Å². The molecule has 1 fully saturated rings. The van der Waals surface area contributed by atoms with Crippen molar-refractivity contribution in [2.75, 3.05) is 43.4 Å². The largest absolute Gasteiger partial charge is 0.389 e. The third-order valence-electron chi connectivity index (χ3n) is 2.69. The second kappa shape index (κ2) is 4.81. The van der Waals surface area contributed by atoms with Crippen molar-refractivity contribution in [3.05, 3.63) is 6.20 Å². The van der Waals surface area contributed by atoms with Crippen LogP contribution in [0.5, 0.6) is 0 Å². The van der Waals surface area contributed by atoms with E-state index in [0.717, 1.165) is 36.3 Å². The number of aromatic nitrogens is 1. The zero-order valence-electron chi connectivity index (χ0n) is 9.15. The van der Waals surface area contributed by atoms with Crippen LogP contribution < -0.4 is 10.6 Å². The van der Waals surface area contributed by atoms with E-state index in [4.69, 9.17) is 5.73 Å². The van der Waals surface area contributed by atoms with Crippen molar-refractivity contribution in [3.63, 3.8) is 0 Å². The van der Waals surface area contributed by atoms with Gasteiger partial charge in [-0.15, -0.1) is 0 Å². The Morgan fingerprint density at radius 1 is 1.40 bits per heavy atom. The minimum atomic E-state index is 0.806. The number of rotatable bonds is 3. The van der Waals surface area contributed by atoms with Gasteiger partial charge in [0.1, 0.15) is 5.00 Å². The fraction of sp³-hybridized carbons (Fsp3) is 0.700. The zero-order chi connectivity index (χ0) is 10.7. The summed E-state index contributed by atoms with van der Waals surface area (Å²) >= 11 is 1.58. The molecule has 1 aromatic rings. The van der Waals surface area contributed by atoms with Gasteiger partial charge in [-0.3, -0.25) is 4.90 Å². The Balaban J connectivity index is 1.88. The average molecular weight is 226 g/mol. The van der Waals surface area contributed by atoms with Crippen molar-refractivity contribution >= 4 is 21.5 Å². The first-order valence-electron chi connectivity index (χ1n) is 5.48. The number of nitrogens with two attached hydrogens (primary N) is 1. The molecule has 2 rings (SSSR count). The van der Waals surface area contributed by atoms with E-state index in [2.05, 4.69) is 21.7 Å². The lowest BCUT2D eigenvalue weighted by Crippen LogP contribution is -2.46. The second-order valence-corrected chi connectivity index (χ2v) is 4.91. The van der Waals surface area contributed by atoms with Crippen LogP contribution in [0.2, 0.25) is 0 Å². The lowest BCUT2D eigenvalue weighted by molar-refractivity contribution is 0.258. The maximum atomic E-state index is 5.68. The van der Waals surface area contributed by atoms with Crippen molar-refractivity contribution in [1.29, 1.82) is 0 Å². The van der Waals surface area contributed by atoms with Gasteiger partial charge in [0.25, 0.3) is 0 Å². The Morgan fingerprint density at radius 2 is 2.13 bits per heavy atom. The number of nitrogens with zero attached hydrogens (tertiary/aromatic N) is 3. The predicted octanol–water partition coefficient (Wildman–Crippen LogP) is 1.26. The molecule has 1 saturated heterocycles. The number of hydrogen-bond acceptors (Lipinski definition) is 5. The van der Waals surface area contributed by atoms with Crippen LogP contribution in [-0.2, 0) is 0 Å². The standard InChI is InChI=1S/C10H18N4S/c1-2-3-13-4-6-14(7-5-13)10-12-8-9(11)15-10/h8H,2-7,11H2,1H3. The highest BCUT2D eigenvalue weighted by atomic mass is 32.1. The van der Waals surface area contributed by atoms with Gasteiger partial charge < -0.3 is 10.6 Å². The van der Waals surface area contributed by atoms with Crippen molar-refractivity contribution in [2.45, 2.75) is 13.3 Å². The topological polar surface area (TPSA) is 45.4 Å². The molecule has 2 heterocycles. The summed E-state index contributed by atoms with van der Waals surface area (Å²) in [6, 6.07) is 0. The number of piperazine rings is 1. The first-order valence-corrected chi connectivity index (χ1v) is 6.30. The summed E-state index contributed by atoms with van der Waals surface area (Å²) in [7, 11) is 0. The van der Waals surface area contributed by atoms with E-state index in [1.165, 1.54) is 13.0 Å². The molecule has 0 radical (unpaired) electrons. The molecule has 0 saturated carbocycles. The van der Waals surface area contributed by atoms with E-state index in [-0.39, 0.29) is 0 Å². The second-order valence-electron chi connectivity index (χ2n) is 3.87. The van der Waals surface area contributed by atoms with Gasteiger partial charge in [0.2, 0.25) is 0 Å². The number of nitrogen functional groups attached to an aromatic ring is 1. The number of thiazole rings is 1. The maximum Gasteiger partial charge on any atom is 0.187 e. The minimum Gasteiger partial charge on any atom is -0.389 e. The van der Waals surface area contributed by atoms with Gasteiger partial charge in [0.15, 0.2) is 5.13 Å². The Morgan fingerprint density at radius 3 is 2.67 bits per heavy atom. The molecule has 0 atom stereocenters. The first kappa shape index (κ1) is 10.7. The fourth-order valence-electron chi connectivity index (χ4n) is 1.90. The molecule has 84 valence electrons. The van der Waals surface area contributed by atoms with Gasteiger partial charge in [-0.2, -0.15) is 0 Å². The van der Waals surface area contributed by atoms with Crippen LogP contribution in [0.3, 0.4) is 0 Å². The van der Waals surface area contributed by atoms with Crippen LogP contribution >= 0.6 is 11.3 Å². The van der Waals surface area contributed by atoms with Gasteiger partial charge in [0.05, 0.1) is 6.20 Å². The fourth-order valence-corrected chi connectivity index (χ4v) is 2.64. The maximum absolute atomic E-state index is 5.68. The van der Waals surface area contributed by atoms with Gasteiger partial charge in [-0.25, -0.2) is 4.98 Å². The van der Waals surface area contributed by atoms with Crippen molar-refractivity contribution in [3.8, 4) is 0 Å². The van der Waals surface area contributed by atoms with Gasteiger partial charge >= 0.3 is 0 Å². The third kappa shape index (κ3) is 2.60. The lowest BCUT2D eigenvalue weighted by Gasteiger charge is -2.34. The third-order valence-corrected chi connectivity index (χ3v) is 3.58. The molecule has 0 unspecified atom stereocenters. The molecule has 2 N–H and O–H groups in total. The lowest BCUT2D eigenvalue weighted by atomic mass is 10.3. The van der Waals surface area contributed by atoms with Crippen LogP contribution in [-0.4, -0.2) is 42.6 Å². The zero-order valence-corrected chi connectivity index (χ0v) is 9.96. The van der Waals surface area contributed by atoms with Crippen LogP contribution in [0.15, 0.2) is 6.20 Å². The average Bonchev–Trinajstić information content (AvgIpc) is 2.67. The van der Waals surface area contributed by atoms with Crippen LogP contribution in [0.1, 0.15) is 13.3 Å². The quantitative estimate of drug-likeness (QED) is 0.843. The monoisotopic (exact) mass is 226 g/mol. The summed E-state index contributed by atoms with van der Waals surface area (Å²) in [5.74, 6) is 0. The van der Waals surface area contributed by atoms with Gasteiger partial charge in [-0.05, 0) is 13.0 Å². The molecule has 0 bridgehead atoms. The highest BCUT2D eigenvalue weighted by Crippen LogP contribution is 2.24. The molecular formula is C10H18N4S. The minimum absolute atomic E-state index is 0.806. The Kier molecular flexibility index (Phi) is 3.43. The van der Waals surface area contributed by atoms with Gasteiger partial charge in [0, 0.05) is 26.2 Å². The molecule has 0 aliphatic carbocycles. The van der Waals surface area contributed by atoms with Crippen LogP contribution in [0.4, 0.5) is 10.1 Å². The number of anilines is 2. The summed E-state index contributed by atoms with van der Waals surface area (Å²) in [5, 5.41) is 1.88. The molecule has 0 spiro atoms. The number of hydrogen-bond donors (Lipinski definition) is 1. The molecule has 1 aromatic heterocycles. The van der Waals surface area contributed by atoms with E-state index in [1.807, 2.05) is 0 Å². The SMILES string of the molecule is CCCN1CCN(c2ncc(N)s2)CC1. The summed E-state index contributed by atoms with van der Waals surface area (Å²) in [6.45, 7) is 7.89. The molecule has 4 nitrogen and oxygen atoms in total. The Labute approximate surface area is 94.7 Å². The first-order chi connectivity index (χ1) is 7.29. The van der Waals surface area contributed by atoms with E-state index < -0.39 is 0 Å². The smallest absolute Gasteiger partial charge is 0.187 e. The molecule has 0 aromatic carbocycles. The van der Waals surface area contributed by atoms with E-state index in [0.29, 0.717) is 0 Å². The molecule has 1 aliphatic heterocycles. The molecule has 5 heteroatoms. The predicted molar refractivity (Wildman–Crippen MR) is 65.5 cm³/mol. The summed E-state index contributed by atoms with van der Waals surface area (Å²) in [6.07, 6.45) is 2.99. The molecule has 0 amide bonds. The van der Waals surface area contributed by atoms with Crippen molar-refractivity contribution in [2.24, 2.45) is 0 Å². The van der Waals surface area contributed by atoms with Crippen molar-refractivity contribution < 1.29 is 0 Å². The molecular weight excluding hydrogens is 208 g/mol. The summed E-state index contributed by atoms with van der Waals surface area (Å²) in [4.78, 5) is 9.15. The molecule has 15 heavy (non-hydrogen) atoms. The Hall–Kier alpha value is -0.810. The summed E-state index contributed by atoms with van der Waals surface area (Å²) in [5.41, 5.74) is 5.68. The highest BCUT2D eigenvalue weighted by Gasteiger charge is 2.18.